The molecule has 1 nitrogen and oxygen atoms in total. The Morgan fingerprint density at radius 3 is 2.35 bits per heavy atom. The van der Waals surface area contributed by atoms with Gasteiger partial charge in [0.15, 0.2) is 0 Å². The van der Waals surface area contributed by atoms with Gasteiger partial charge < -0.3 is 0 Å². The predicted octanol–water partition coefficient (Wildman–Crippen LogP) is 4.32. The highest BCUT2D eigenvalue weighted by Gasteiger charge is 2.12. The second kappa shape index (κ2) is 4.66. The van der Waals surface area contributed by atoms with Gasteiger partial charge in [-0.05, 0) is 24.5 Å². The first kappa shape index (κ1) is 11.8. The Hall–Kier alpha value is -1.70. The number of benzene rings is 1. The number of aryl methyl sites for hydroxylation is 1. The zero-order chi connectivity index (χ0) is 12.4. The highest BCUT2D eigenvalue weighted by atomic mass is 19.1. The maximum atomic E-state index is 13.9. The third kappa shape index (κ3) is 2.36. The van der Waals surface area contributed by atoms with Gasteiger partial charge in [-0.15, -0.1) is 0 Å². The molecule has 0 radical (unpaired) electrons. The van der Waals surface area contributed by atoms with Crippen molar-refractivity contribution in [1.29, 1.82) is 0 Å². The predicted molar refractivity (Wildman–Crippen MR) is 68.5 cm³/mol. The van der Waals surface area contributed by atoms with Crippen molar-refractivity contribution in [1.82, 2.24) is 4.98 Å². The van der Waals surface area contributed by atoms with Crippen molar-refractivity contribution in [2.75, 3.05) is 0 Å². The molecule has 0 bridgehead atoms. The van der Waals surface area contributed by atoms with Gasteiger partial charge in [-0.25, -0.2) is 4.39 Å². The summed E-state index contributed by atoms with van der Waals surface area (Å²) in [4.78, 5) is 4.31. The van der Waals surface area contributed by atoms with Crippen LogP contribution in [0.2, 0.25) is 0 Å². The van der Waals surface area contributed by atoms with Crippen LogP contribution in [-0.2, 0) is 0 Å². The lowest BCUT2D eigenvalue weighted by Crippen LogP contribution is -2.00. The second-order valence-corrected chi connectivity index (χ2v) is 4.52. The molecule has 2 aromatic rings. The molecule has 0 aliphatic heterocycles. The summed E-state index contributed by atoms with van der Waals surface area (Å²) in [6.07, 6.45) is 0. The number of rotatable bonds is 2. The SMILES string of the molecule is Cc1nc(-c2ccccc2)cc(C(C)C)c1F. The summed E-state index contributed by atoms with van der Waals surface area (Å²) in [6, 6.07) is 11.7. The second-order valence-electron chi connectivity index (χ2n) is 4.52. The fourth-order valence-corrected chi connectivity index (χ4v) is 1.86. The zero-order valence-electron chi connectivity index (χ0n) is 10.4. The molecule has 0 atom stereocenters. The van der Waals surface area contributed by atoms with E-state index in [-0.39, 0.29) is 11.7 Å². The minimum Gasteiger partial charge on any atom is -0.250 e. The summed E-state index contributed by atoms with van der Waals surface area (Å²) in [6.45, 7) is 5.70. The van der Waals surface area contributed by atoms with Crippen LogP contribution in [0.25, 0.3) is 11.3 Å². The van der Waals surface area contributed by atoms with Crippen LogP contribution >= 0.6 is 0 Å². The molecule has 0 N–H and O–H groups in total. The molecular weight excluding hydrogens is 213 g/mol. The van der Waals surface area contributed by atoms with E-state index in [0.29, 0.717) is 5.69 Å². The molecule has 0 aliphatic carbocycles. The number of pyridine rings is 1. The van der Waals surface area contributed by atoms with Gasteiger partial charge in [0, 0.05) is 5.56 Å². The summed E-state index contributed by atoms with van der Waals surface area (Å²) in [7, 11) is 0. The fourth-order valence-electron chi connectivity index (χ4n) is 1.86. The average molecular weight is 229 g/mol. The maximum absolute atomic E-state index is 13.9. The first-order valence-corrected chi connectivity index (χ1v) is 5.82. The van der Waals surface area contributed by atoms with E-state index >= 15 is 0 Å². The molecule has 0 saturated heterocycles. The van der Waals surface area contributed by atoms with Gasteiger partial charge in [-0.1, -0.05) is 44.2 Å². The van der Waals surface area contributed by atoms with Crippen LogP contribution in [-0.4, -0.2) is 4.98 Å². The normalized spacial score (nSPS) is 10.9. The molecule has 1 aromatic carbocycles. The summed E-state index contributed by atoms with van der Waals surface area (Å²) in [5.74, 6) is -0.0150. The summed E-state index contributed by atoms with van der Waals surface area (Å²) in [5, 5.41) is 0. The molecular formula is C15H16FN. The average Bonchev–Trinajstić information content (AvgIpc) is 2.33. The lowest BCUT2D eigenvalue weighted by atomic mass is 9.99. The maximum Gasteiger partial charge on any atom is 0.147 e. The van der Waals surface area contributed by atoms with Crippen LogP contribution in [0.5, 0.6) is 0 Å². The Bertz CT molecular complexity index is 518. The molecule has 0 aliphatic rings. The van der Waals surface area contributed by atoms with Crippen molar-refractivity contribution in [3.05, 3.63) is 53.5 Å². The van der Waals surface area contributed by atoms with E-state index in [1.807, 2.05) is 50.2 Å². The van der Waals surface area contributed by atoms with Gasteiger partial charge in [0.2, 0.25) is 0 Å². The Morgan fingerprint density at radius 2 is 1.76 bits per heavy atom. The quantitative estimate of drug-likeness (QED) is 0.747. The van der Waals surface area contributed by atoms with Gasteiger partial charge in [0.1, 0.15) is 5.82 Å². The van der Waals surface area contributed by atoms with Gasteiger partial charge in [-0.3, -0.25) is 4.98 Å². The molecule has 0 spiro atoms. The fraction of sp³-hybridized carbons (Fsp3) is 0.267. The van der Waals surface area contributed by atoms with Crippen LogP contribution in [0.1, 0.15) is 31.0 Å². The Morgan fingerprint density at radius 1 is 1.12 bits per heavy atom. The minimum atomic E-state index is -0.181. The summed E-state index contributed by atoms with van der Waals surface area (Å²) < 4.78 is 13.9. The molecule has 1 aromatic heterocycles. The Kier molecular flexibility index (Phi) is 3.23. The topological polar surface area (TPSA) is 12.9 Å². The molecule has 0 saturated carbocycles. The van der Waals surface area contributed by atoms with Crippen LogP contribution < -0.4 is 0 Å². The third-order valence-corrected chi connectivity index (χ3v) is 2.84. The number of hydrogen-bond donors (Lipinski definition) is 0. The zero-order valence-corrected chi connectivity index (χ0v) is 10.4. The van der Waals surface area contributed by atoms with Gasteiger partial charge in [0.25, 0.3) is 0 Å². The van der Waals surface area contributed by atoms with Crippen molar-refractivity contribution in [2.45, 2.75) is 26.7 Å². The van der Waals surface area contributed by atoms with Crippen molar-refractivity contribution in [3.8, 4) is 11.3 Å². The van der Waals surface area contributed by atoms with Crippen molar-refractivity contribution in [2.24, 2.45) is 0 Å². The van der Waals surface area contributed by atoms with Crippen molar-refractivity contribution < 1.29 is 4.39 Å². The third-order valence-electron chi connectivity index (χ3n) is 2.84. The number of halogens is 1. The van der Waals surface area contributed by atoms with E-state index in [2.05, 4.69) is 4.98 Å². The number of nitrogens with zero attached hydrogens (tertiary/aromatic N) is 1. The van der Waals surface area contributed by atoms with Crippen molar-refractivity contribution in [3.63, 3.8) is 0 Å². The lowest BCUT2D eigenvalue weighted by molar-refractivity contribution is 0.582. The van der Waals surface area contributed by atoms with E-state index in [9.17, 15) is 4.39 Å². The first-order valence-electron chi connectivity index (χ1n) is 5.82. The van der Waals surface area contributed by atoms with Gasteiger partial charge in [0.05, 0.1) is 11.4 Å². The van der Waals surface area contributed by atoms with Crippen LogP contribution in [0, 0.1) is 12.7 Å². The smallest absolute Gasteiger partial charge is 0.147 e. The van der Waals surface area contributed by atoms with Crippen LogP contribution in [0.3, 0.4) is 0 Å². The van der Waals surface area contributed by atoms with Gasteiger partial charge >= 0.3 is 0 Å². The summed E-state index contributed by atoms with van der Waals surface area (Å²) >= 11 is 0. The first-order chi connectivity index (χ1) is 8.09. The molecule has 2 rings (SSSR count). The van der Waals surface area contributed by atoms with Crippen molar-refractivity contribution >= 4 is 0 Å². The molecule has 0 amide bonds. The summed E-state index contributed by atoms with van der Waals surface area (Å²) in [5.41, 5.74) is 3.07. The monoisotopic (exact) mass is 229 g/mol. The highest BCUT2D eigenvalue weighted by Crippen LogP contribution is 2.26. The van der Waals surface area contributed by atoms with Crippen LogP contribution in [0.4, 0.5) is 4.39 Å². The van der Waals surface area contributed by atoms with Crippen LogP contribution in [0.15, 0.2) is 36.4 Å². The van der Waals surface area contributed by atoms with Gasteiger partial charge in [-0.2, -0.15) is 0 Å². The van der Waals surface area contributed by atoms with E-state index in [0.717, 1.165) is 16.8 Å². The Labute approximate surface area is 101 Å². The van der Waals surface area contributed by atoms with E-state index in [4.69, 9.17) is 0 Å². The van der Waals surface area contributed by atoms with E-state index in [1.165, 1.54) is 0 Å². The molecule has 1 heterocycles. The molecule has 2 heteroatoms. The standard InChI is InChI=1S/C15H16FN/c1-10(2)13-9-14(17-11(3)15(13)16)12-7-5-4-6-8-12/h4-10H,1-3H3. The minimum absolute atomic E-state index is 0.166. The number of aromatic nitrogens is 1. The molecule has 0 unspecified atom stereocenters. The Balaban J connectivity index is 2.57. The van der Waals surface area contributed by atoms with E-state index < -0.39 is 0 Å². The molecule has 0 fully saturated rings. The molecule has 17 heavy (non-hydrogen) atoms. The largest absolute Gasteiger partial charge is 0.250 e. The molecule has 88 valence electrons. The van der Waals surface area contributed by atoms with E-state index in [1.54, 1.807) is 6.92 Å². The lowest BCUT2D eigenvalue weighted by Gasteiger charge is -2.11. The number of hydrogen-bond acceptors (Lipinski definition) is 1. The highest BCUT2D eigenvalue weighted by molar-refractivity contribution is 5.60.